The molecule has 1 aromatic carbocycles. The lowest BCUT2D eigenvalue weighted by Crippen LogP contribution is -2.16. The number of hydrogen-bond acceptors (Lipinski definition) is 3. The van der Waals surface area contributed by atoms with E-state index in [2.05, 4.69) is 10.3 Å². The van der Waals surface area contributed by atoms with Crippen LogP contribution in [0, 0.1) is 6.92 Å². The highest BCUT2D eigenvalue weighted by molar-refractivity contribution is 5.91. The van der Waals surface area contributed by atoms with Gasteiger partial charge in [-0.15, -0.1) is 0 Å². The summed E-state index contributed by atoms with van der Waals surface area (Å²) >= 11 is 0. The fourth-order valence-corrected chi connectivity index (χ4v) is 1.82. The van der Waals surface area contributed by atoms with Gasteiger partial charge in [-0.05, 0) is 12.1 Å². The molecule has 1 aromatic heterocycles. The van der Waals surface area contributed by atoms with E-state index in [9.17, 15) is 18.0 Å². The number of anilines is 1. The first-order chi connectivity index (χ1) is 9.86. The number of oxazole rings is 1. The van der Waals surface area contributed by atoms with Gasteiger partial charge in [-0.2, -0.15) is 13.2 Å². The summed E-state index contributed by atoms with van der Waals surface area (Å²) in [6.07, 6.45) is -2.76. The second-order valence-corrected chi connectivity index (χ2v) is 4.45. The summed E-state index contributed by atoms with van der Waals surface area (Å²) in [6.45, 7) is 1.67. The smallest absolute Gasteiger partial charge is 0.418 e. The van der Waals surface area contributed by atoms with Crippen LogP contribution in [0.5, 0.6) is 0 Å². The molecule has 0 radical (unpaired) electrons. The fourth-order valence-electron chi connectivity index (χ4n) is 1.82. The number of nitrogens with zero attached hydrogens (tertiary/aromatic N) is 1. The maximum atomic E-state index is 12.8. The monoisotopic (exact) mass is 298 g/mol. The Morgan fingerprint density at radius 2 is 2.05 bits per heavy atom. The maximum Gasteiger partial charge on any atom is 0.418 e. The lowest BCUT2D eigenvalue weighted by molar-refractivity contribution is -0.137. The third kappa shape index (κ3) is 4.08. The number of carbonyl (C=O) groups is 1. The Balaban J connectivity index is 2.00. The van der Waals surface area contributed by atoms with Crippen molar-refractivity contribution in [2.45, 2.75) is 25.9 Å². The Labute approximate surface area is 119 Å². The number of amides is 1. The number of halogens is 3. The Hall–Kier alpha value is -2.31. The molecule has 0 unspecified atom stereocenters. The summed E-state index contributed by atoms with van der Waals surface area (Å²) < 4.78 is 43.3. The normalized spacial score (nSPS) is 11.4. The van der Waals surface area contributed by atoms with Crippen molar-refractivity contribution in [2.24, 2.45) is 0 Å². The molecule has 1 amide bonds. The summed E-state index contributed by atoms with van der Waals surface area (Å²) in [7, 11) is 0. The van der Waals surface area contributed by atoms with Crippen LogP contribution in [0.1, 0.15) is 23.6 Å². The predicted octanol–water partition coefficient (Wildman–Crippen LogP) is 3.57. The highest BCUT2D eigenvalue weighted by Gasteiger charge is 2.33. The van der Waals surface area contributed by atoms with Gasteiger partial charge in [0.15, 0.2) is 5.89 Å². The number of aromatic nitrogens is 1. The Morgan fingerprint density at radius 1 is 1.33 bits per heavy atom. The summed E-state index contributed by atoms with van der Waals surface area (Å²) in [5, 5.41) is 2.28. The van der Waals surface area contributed by atoms with Gasteiger partial charge in [-0.1, -0.05) is 12.1 Å². The van der Waals surface area contributed by atoms with Crippen molar-refractivity contribution in [1.29, 1.82) is 0 Å². The van der Waals surface area contributed by atoms with Crippen molar-refractivity contribution >= 4 is 11.6 Å². The molecule has 0 bridgehead atoms. The van der Waals surface area contributed by atoms with E-state index >= 15 is 0 Å². The van der Waals surface area contributed by atoms with Gasteiger partial charge in [0, 0.05) is 19.8 Å². The average molecular weight is 298 g/mol. The minimum atomic E-state index is -4.51. The zero-order valence-corrected chi connectivity index (χ0v) is 11.2. The van der Waals surface area contributed by atoms with Gasteiger partial charge in [0.2, 0.25) is 5.91 Å². The van der Waals surface area contributed by atoms with Crippen LogP contribution in [0.4, 0.5) is 18.9 Å². The molecule has 4 nitrogen and oxygen atoms in total. The Kier molecular flexibility index (Phi) is 4.30. The van der Waals surface area contributed by atoms with Crippen LogP contribution in [-0.4, -0.2) is 10.9 Å². The molecule has 112 valence electrons. The molecule has 7 heteroatoms. The summed E-state index contributed by atoms with van der Waals surface area (Å²) in [4.78, 5) is 15.8. The zero-order valence-electron chi connectivity index (χ0n) is 11.2. The van der Waals surface area contributed by atoms with Gasteiger partial charge in [-0.25, -0.2) is 4.98 Å². The number of nitrogens with one attached hydrogen (secondary N) is 1. The molecule has 0 saturated carbocycles. The number of hydrogen-bond donors (Lipinski definition) is 1. The largest absolute Gasteiger partial charge is 0.449 e. The van der Waals surface area contributed by atoms with Crippen molar-refractivity contribution in [3.63, 3.8) is 0 Å². The lowest BCUT2D eigenvalue weighted by atomic mass is 10.1. The highest BCUT2D eigenvalue weighted by atomic mass is 19.4. The molecule has 1 heterocycles. The first-order valence-electron chi connectivity index (χ1n) is 6.23. The molecule has 2 rings (SSSR count). The van der Waals surface area contributed by atoms with Gasteiger partial charge < -0.3 is 9.73 Å². The first-order valence-corrected chi connectivity index (χ1v) is 6.23. The zero-order chi connectivity index (χ0) is 15.5. The second-order valence-electron chi connectivity index (χ2n) is 4.45. The van der Waals surface area contributed by atoms with Gasteiger partial charge >= 0.3 is 6.18 Å². The number of carbonyl (C=O) groups excluding carboxylic acids is 1. The maximum absolute atomic E-state index is 12.8. The van der Waals surface area contributed by atoms with E-state index in [1.807, 2.05) is 0 Å². The van der Waals surface area contributed by atoms with Gasteiger partial charge in [0.1, 0.15) is 6.26 Å². The summed E-state index contributed by atoms with van der Waals surface area (Å²) in [6, 6.07) is 4.86. The molecular formula is C14H13F3N2O2. The number of rotatable bonds is 4. The van der Waals surface area contributed by atoms with Crippen molar-refractivity contribution in [2.75, 3.05) is 5.32 Å². The topological polar surface area (TPSA) is 55.1 Å². The predicted molar refractivity (Wildman–Crippen MR) is 69.6 cm³/mol. The number of alkyl halides is 3. The van der Waals surface area contributed by atoms with E-state index < -0.39 is 17.6 Å². The Bertz CT molecular complexity index is 635. The highest BCUT2D eigenvalue weighted by Crippen LogP contribution is 2.34. The van der Waals surface area contributed by atoms with Gasteiger partial charge in [0.25, 0.3) is 0 Å². The van der Waals surface area contributed by atoms with Crippen LogP contribution in [0.3, 0.4) is 0 Å². The van der Waals surface area contributed by atoms with Gasteiger partial charge in [0.05, 0.1) is 16.9 Å². The number of benzene rings is 1. The second kappa shape index (κ2) is 5.99. The molecule has 2 aromatic rings. The SMILES string of the molecule is Cc1nc(CCC(=O)Nc2ccccc2C(F)(F)F)co1. The van der Waals surface area contributed by atoms with Gasteiger partial charge in [-0.3, -0.25) is 4.79 Å². The number of para-hydroxylation sites is 1. The van der Waals surface area contributed by atoms with Crippen molar-refractivity contribution < 1.29 is 22.4 Å². The van der Waals surface area contributed by atoms with Crippen LogP contribution in [0.25, 0.3) is 0 Å². The third-order valence-corrected chi connectivity index (χ3v) is 2.78. The van der Waals surface area contributed by atoms with E-state index in [1.165, 1.54) is 24.5 Å². The van der Waals surface area contributed by atoms with Crippen molar-refractivity contribution in [3.8, 4) is 0 Å². The molecule has 0 aliphatic carbocycles. The molecule has 0 saturated heterocycles. The van der Waals surface area contributed by atoms with E-state index in [0.717, 1.165) is 6.07 Å². The van der Waals surface area contributed by atoms with E-state index in [1.54, 1.807) is 6.92 Å². The molecule has 21 heavy (non-hydrogen) atoms. The molecule has 0 aliphatic rings. The molecule has 0 aliphatic heterocycles. The minimum Gasteiger partial charge on any atom is -0.449 e. The quantitative estimate of drug-likeness (QED) is 0.938. The molecule has 1 N–H and O–H groups in total. The van der Waals surface area contributed by atoms with Crippen LogP contribution in [0.2, 0.25) is 0 Å². The Morgan fingerprint density at radius 3 is 2.67 bits per heavy atom. The van der Waals surface area contributed by atoms with Crippen molar-refractivity contribution in [1.82, 2.24) is 4.98 Å². The number of aryl methyl sites for hydroxylation is 2. The van der Waals surface area contributed by atoms with E-state index in [0.29, 0.717) is 18.0 Å². The standard InChI is InChI=1S/C14H13F3N2O2/c1-9-18-10(8-21-9)6-7-13(20)19-12-5-3-2-4-11(12)14(15,16)17/h2-5,8H,6-7H2,1H3,(H,19,20). The van der Waals surface area contributed by atoms with E-state index in [4.69, 9.17) is 4.42 Å². The molecule has 0 spiro atoms. The molecular weight excluding hydrogens is 285 g/mol. The molecule has 0 atom stereocenters. The first kappa shape index (κ1) is 15.1. The lowest BCUT2D eigenvalue weighted by Gasteiger charge is -2.13. The molecule has 0 fully saturated rings. The fraction of sp³-hybridized carbons (Fsp3) is 0.286. The van der Waals surface area contributed by atoms with Crippen LogP contribution in [-0.2, 0) is 17.4 Å². The van der Waals surface area contributed by atoms with E-state index in [-0.39, 0.29) is 12.1 Å². The third-order valence-electron chi connectivity index (χ3n) is 2.78. The van der Waals surface area contributed by atoms with Crippen LogP contribution in [0.15, 0.2) is 34.9 Å². The summed E-state index contributed by atoms with van der Waals surface area (Å²) in [5.41, 5.74) is -0.520. The summed E-state index contributed by atoms with van der Waals surface area (Å²) in [5.74, 6) is -0.0276. The van der Waals surface area contributed by atoms with Crippen LogP contribution >= 0.6 is 0 Å². The minimum absolute atomic E-state index is 0.0260. The van der Waals surface area contributed by atoms with Crippen LogP contribution < -0.4 is 5.32 Å². The average Bonchev–Trinajstić information content (AvgIpc) is 2.82. The van der Waals surface area contributed by atoms with Crippen molar-refractivity contribution in [3.05, 3.63) is 47.7 Å².